The summed E-state index contributed by atoms with van der Waals surface area (Å²) >= 11 is 0. The van der Waals surface area contributed by atoms with Crippen LogP contribution >= 0.6 is 0 Å². The smallest absolute Gasteiger partial charge is 0.394 e. The van der Waals surface area contributed by atoms with Crippen molar-refractivity contribution in [2.24, 2.45) is 0 Å². The van der Waals surface area contributed by atoms with E-state index in [2.05, 4.69) is 5.32 Å². The van der Waals surface area contributed by atoms with Gasteiger partial charge in [-0.3, -0.25) is 0 Å². The van der Waals surface area contributed by atoms with Gasteiger partial charge >= 0.3 is 6.18 Å². The Morgan fingerprint density at radius 3 is 2.71 bits per heavy atom. The van der Waals surface area contributed by atoms with Crippen LogP contribution in [0, 0.1) is 0 Å². The Balaban J connectivity index is 2.47. The van der Waals surface area contributed by atoms with Crippen LogP contribution in [0.3, 0.4) is 0 Å². The third kappa shape index (κ3) is 4.81. The molecule has 102 valence electrons. The molecule has 3 nitrogen and oxygen atoms in total. The molecule has 1 fully saturated rings. The molecule has 0 saturated heterocycles. The molecular formula is C11H20F3NO2. The lowest BCUT2D eigenvalue weighted by molar-refractivity contribution is -0.190. The third-order valence-corrected chi connectivity index (χ3v) is 3.14. The maximum Gasteiger partial charge on any atom is 0.411 e. The number of aliphatic hydroxyl groups is 1. The number of hydrogen-bond acceptors (Lipinski definition) is 3. The molecule has 0 aromatic heterocycles. The van der Waals surface area contributed by atoms with Gasteiger partial charge in [0.25, 0.3) is 0 Å². The van der Waals surface area contributed by atoms with Gasteiger partial charge < -0.3 is 15.2 Å². The van der Waals surface area contributed by atoms with Gasteiger partial charge in [-0.05, 0) is 32.2 Å². The van der Waals surface area contributed by atoms with E-state index in [1.165, 1.54) is 0 Å². The monoisotopic (exact) mass is 255 g/mol. The van der Waals surface area contributed by atoms with E-state index in [1.54, 1.807) is 0 Å². The SMILES string of the molecule is CCNC1(CO)CCCC(OCC(F)(F)F)C1. The average molecular weight is 255 g/mol. The Morgan fingerprint density at radius 1 is 1.47 bits per heavy atom. The second-order valence-corrected chi connectivity index (χ2v) is 4.61. The maximum atomic E-state index is 12.0. The number of aliphatic hydroxyl groups excluding tert-OH is 1. The van der Waals surface area contributed by atoms with Crippen molar-refractivity contribution in [3.63, 3.8) is 0 Å². The average Bonchev–Trinajstić information content (AvgIpc) is 2.26. The van der Waals surface area contributed by atoms with Crippen molar-refractivity contribution in [3.8, 4) is 0 Å². The number of hydrogen-bond donors (Lipinski definition) is 2. The zero-order valence-electron chi connectivity index (χ0n) is 10.0. The summed E-state index contributed by atoms with van der Waals surface area (Å²) in [6.07, 6.45) is -2.08. The van der Waals surface area contributed by atoms with Gasteiger partial charge in [0.15, 0.2) is 0 Å². The second-order valence-electron chi connectivity index (χ2n) is 4.61. The highest BCUT2D eigenvalue weighted by Crippen LogP contribution is 2.31. The van der Waals surface area contributed by atoms with E-state index in [0.717, 1.165) is 12.8 Å². The van der Waals surface area contributed by atoms with Crippen LogP contribution in [0.25, 0.3) is 0 Å². The molecule has 0 amide bonds. The Labute approximate surface area is 99.3 Å². The van der Waals surface area contributed by atoms with E-state index in [9.17, 15) is 18.3 Å². The van der Waals surface area contributed by atoms with Crippen molar-refractivity contribution in [2.75, 3.05) is 19.8 Å². The summed E-state index contributed by atoms with van der Waals surface area (Å²) in [5.74, 6) is 0. The molecule has 1 aliphatic rings. The van der Waals surface area contributed by atoms with Crippen LogP contribution < -0.4 is 5.32 Å². The molecule has 1 rings (SSSR count). The molecule has 6 heteroatoms. The van der Waals surface area contributed by atoms with Gasteiger partial charge in [0.2, 0.25) is 0 Å². The largest absolute Gasteiger partial charge is 0.411 e. The van der Waals surface area contributed by atoms with Crippen LogP contribution in [0.1, 0.15) is 32.6 Å². The normalized spacial score (nSPS) is 30.5. The Bertz CT molecular complexity index is 231. The molecule has 1 saturated carbocycles. The van der Waals surface area contributed by atoms with Crippen LogP contribution in [-0.2, 0) is 4.74 Å². The van der Waals surface area contributed by atoms with Crippen LogP contribution in [-0.4, -0.2) is 42.7 Å². The van der Waals surface area contributed by atoms with E-state index < -0.39 is 24.4 Å². The van der Waals surface area contributed by atoms with E-state index in [0.29, 0.717) is 19.4 Å². The first-order chi connectivity index (χ1) is 7.91. The van der Waals surface area contributed by atoms with Gasteiger partial charge in [-0.15, -0.1) is 0 Å². The van der Waals surface area contributed by atoms with E-state index in [1.807, 2.05) is 6.92 Å². The lowest BCUT2D eigenvalue weighted by atomic mass is 9.80. The number of alkyl halides is 3. The zero-order valence-corrected chi connectivity index (χ0v) is 10.0. The fourth-order valence-electron chi connectivity index (χ4n) is 2.40. The third-order valence-electron chi connectivity index (χ3n) is 3.14. The number of likely N-dealkylation sites (N-methyl/N-ethyl adjacent to an activating group) is 1. The first-order valence-corrected chi connectivity index (χ1v) is 5.95. The summed E-state index contributed by atoms with van der Waals surface area (Å²) in [6.45, 7) is 1.34. The molecule has 2 atom stereocenters. The lowest BCUT2D eigenvalue weighted by Crippen LogP contribution is -2.53. The Morgan fingerprint density at radius 2 is 2.18 bits per heavy atom. The van der Waals surface area contributed by atoms with Crippen LogP contribution in [0.5, 0.6) is 0 Å². The van der Waals surface area contributed by atoms with Crippen LogP contribution in [0.2, 0.25) is 0 Å². The first-order valence-electron chi connectivity index (χ1n) is 5.95. The molecular weight excluding hydrogens is 235 g/mol. The molecule has 17 heavy (non-hydrogen) atoms. The summed E-state index contributed by atoms with van der Waals surface area (Å²) in [4.78, 5) is 0. The van der Waals surface area contributed by atoms with Crippen molar-refractivity contribution in [2.45, 2.75) is 50.4 Å². The first kappa shape index (κ1) is 14.7. The predicted molar refractivity (Wildman–Crippen MR) is 57.8 cm³/mol. The molecule has 0 spiro atoms. The minimum Gasteiger partial charge on any atom is -0.394 e. The molecule has 0 heterocycles. The van der Waals surface area contributed by atoms with Crippen molar-refractivity contribution in [1.29, 1.82) is 0 Å². The summed E-state index contributed by atoms with van der Waals surface area (Å²) in [7, 11) is 0. The number of rotatable bonds is 5. The summed E-state index contributed by atoms with van der Waals surface area (Å²) < 4.78 is 41.0. The Hall–Kier alpha value is -0.330. The summed E-state index contributed by atoms with van der Waals surface area (Å²) in [5, 5.41) is 12.5. The summed E-state index contributed by atoms with van der Waals surface area (Å²) in [5.41, 5.74) is -0.469. The van der Waals surface area contributed by atoms with Gasteiger partial charge in [-0.25, -0.2) is 0 Å². The van der Waals surface area contributed by atoms with Gasteiger partial charge in [0.1, 0.15) is 6.61 Å². The highest BCUT2D eigenvalue weighted by atomic mass is 19.4. The zero-order chi connectivity index (χ0) is 12.9. The molecule has 0 radical (unpaired) electrons. The van der Waals surface area contributed by atoms with Gasteiger partial charge in [0.05, 0.1) is 12.7 Å². The van der Waals surface area contributed by atoms with Crippen LogP contribution in [0.15, 0.2) is 0 Å². The summed E-state index contributed by atoms with van der Waals surface area (Å²) in [6, 6.07) is 0. The van der Waals surface area contributed by atoms with E-state index in [4.69, 9.17) is 4.74 Å². The van der Waals surface area contributed by atoms with E-state index in [-0.39, 0.29) is 6.61 Å². The molecule has 0 bridgehead atoms. The van der Waals surface area contributed by atoms with E-state index >= 15 is 0 Å². The minimum atomic E-state index is -4.28. The van der Waals surface area contributed by atoms with Crippen LogP contribution in [0.4, 0.5) is 13.2 Å². The Kier molecular flexibility index (Phi) is 5.22. The fraction of sp³-hybridized carbons (Fsp3) is 1.00. The van der Waals surface area contributed by atoms with Crippen molar-refractivity contribution >= 4 is 0 Å². The maximum absolute atomic E-state index is 12.0. The highest BCUT2D eigenvalue weighted by Gasteiger charge is 2.37. The number of ether oxygens (including phenoxy) is 1. The fourth-order valence-corrected chi connectivity index (χ4v) is 2.40. The lowest BCUT2D eigenvalue weighted by Gasteiger charge is -2.40. The predicted octanol–water partition coefficient (Wildman–Crippen LogP) is 1.85. The standard InChI is InChI=1S/C11H20F3NO2/c1-2-15-10(7-16)5-3-4-9(6-10)17-8-11(12,13)14/h9,15-16H,2-8H2,1H3. The van der Waals surface area contributed by atoms with Gasteiger partial charge in [-0.1, -0.05) is 6.92 Å². The number of nitrogens with one attached hydrogen (secondary N) is 1. The van der Waals surface area contributed by atoms with Gasteiger partial charge in [-0.2, -0.15) is 13.2 Å². The molecule has 1 aliphatic carbocycles. The molecule has 0 aliphatic heterocycles. The second kappa shape index (κ2) is 6.02. The minimum absolute atomic E-state index is 0.0628. The van der Waals surface area contributed by atoms with Crippen molar-refractivity contribution in [1.82, 2.24) is 5.32 Å². The topological polar surface area (TPSA) is 41.5 Å². The van der Waals surface area contributed by atoms with Crippen molar-refractivity contribution < 1.29 is 23.0 Å². The molecule has 2 unspecified atom stereocenters. The molecule has 0 aromatic rings. The quantitative estimate of drug-likeness (QED) is 0.787. The van der Waals surface area contributed by atoms with Crippen molar-refractivity contribution in [3.05, 3.63) is 0 Å². The van der Waals surface area contributed by atoms with Gasteiger partial charge in [0, 0.05) is 5.54 Å². The molecule has 2 N–H and O–H groups in total. The number of halogens is 3. The molecule has 0 aromatic carbocycles. The highest BCUT2D eigenvalue weighted by molar-refractivity contribution is 4.93.